The second-order valence-electron chi connectivity index (χ2n) is 5.13. The molecule has 0 saturated carbocycles. The van der Waals surface area contributed by atoms with Crippen LogP contribution in [0, 0.1) is 0 Å². The summed E-state index contributed by atoms with van der Waals surface area (Å²) in [4.78, 5) is 10.0. The molecule has 0 aliphatic carbocycles. The molecule has 0 aliphatic heterocycles. The van der Waals surface area contributed by atoms with Crippen molar-refractivity contribution < 1.29 is 34.6 Å². The van der Waals surface area contributed by atoms with Crippen molar-refractivity contribution in [3.63, 3.8) is 0 Å². The maximum absolute atomic E-state index is 10.0. The van der Waals surface area contributed by atoms with Crippen LogP contribution in [0.15, 0.2) is 0 Å². The largest absolute Gasteiger partial charge is 0.379 e. The smallest absolute Gasteiger partial charge is 0.122 e. The predicted octanol–water partition coefficient (Wildman–Crippen LogP) is 2.32. The first-order valence-electron chi connectivity index (χ1n) is 10.4. The van der Waals surface area contributed by atoms with E-state index in [2.05, 4.69) is 13.8 Å². The van der Waals surface area contributed by atoms with Gasteiger partial charge in [0.15, 0.2) is 0 Å². The van der Waals surface area contributed by atoms with Crippen LogP contribution in [0.3, 0.4) is 0 Å². The zero-order valence-corrected chi connectivity index (χ0v) is 18.6. The van der Waals surface area contributed by atoms with Crippen molar-refractivity contribution in [1.29, 1.82) is 0 Å². The van der Waals surface area contributed by atoms with Crippen LogP contribution in [0.1, 0.15) is 42.0 Å². The number of carbonyl (C=O) groups excluding carboxylic acids is 1. The number of hydrogen-bond acceptors (Lipinski definition) is 8. The van der Waals surface area contributed by atoms with Gasteiger partial charge in [0.05, 0.1) is 79.3 Å². The van der Waals surface area contributed by atoms with E-state index in [4.69, 9.17) is 34.2 Å². The lowest BCUT2D eigenvalue weighted by Gasteiger charge is -2.08. The summed E-state index contributed by atoms with van der Waals surface area (Å²) in [6, 6.07) is 0. The Hall–Kier alpha value is -0.610. The van der Waals surface area contributed by atoms with Gasteiger partial charge in [-0.15, -0.1) is 0 Å². The molecule has 28 heavy (non-hydrogen) atoms. The van der Waals surface area contributed by atoms with Crippen LogP contribution < -0.4 is 5.73 Å². The fraction of sp³-hybridized carbons (Fsp3) is 0.950. The number of nitrogens with two attached hydrogens (primary N) is 1. The second-order valence-corrected chi connectivity index (χ2v) is 5.13. The van der Waals surface area contributed by atoms with Gasteiger partial charge in [-0.05, 0) is 0 Å². The highest BCUT2D eigenvalue weighted by atomic mass is 16.6. The van der Waals surface area contributed by atoms with Crippen LogP contribution in [-0.2, 0) is 33.2 Å². The molecule has 0 amide bonds. The Labute approximate surface area is 173 Å². The van der Waals surface area contributed by atoms with Crippen molar-refractivity contribution in [3.8, 4) is 0 Å². The molecular formula is C20H47NO7. The normalized spacial score (nSPS) is 9.89. The van der Waals surface area contributed by atoms with Crippen LogP contribution in [0.25, 0.3) is 0 Å². The summed E-state index contributed by atoms with van der Waals surface area (Å²) in [7, 11) is 0. The predicted molar refractivity (Wildman–Crippen MR) is 114 cm³/mol. The third kappa shape index (κ3) is 40.2. The second kappa shape index (κ2) is 37.2. The molecule has 0 spiro atoms. The highest BCUT2D eigenvalue weighted by Gasteiger charge is 1.93. The van der Waals surface area contributed by atoms with Gasteiger partial charge in [-0.1, -0.05) is 34.1 Å². The molecule has 174 valence electrons. The molecule has 8 nitrogen and oxygen atoms in total. The van der Waals surface area contributed by atoms with E-state index in [9.17, 15) is 4.79 Å². The first-order chi connectivity index (χ1) is 13.8. The Morgan fingerprint density at radius 1 is 0.607 bits per heavy atom. The molecule has 0 aromatic heterocycles. The van der Waals surface area contributed by atoms with Gasteiger partial charge in [0.1, 0.15) is 6.29 Å². The minimum Gasteiger partial charge on any atom is -0.379 e. The molecule has 0 aromatic carbocycles. The van der Waals surface area contributed by atoms with Crippen LogP contribution in [-0.4, -0.2) is 92.1 Å². The van der Waals surface area contributed by atoms with E-state index >= 15 is 0 Å². The van der Waals surface area contributed by atoms with Gasteiger partial charge in [0.25, 0.3) is 0 Å². The van der Waals surface area contributed by atoms with Crippen molar-refractivity contribution in [3.05, 3.63) is 0 Å². The van der Waals surface area contributed by atoms with Crippen LogP contribution in [0.2, 0.25) is 0 Å². The molecule has 0 heterocycles. The van der Waals surface area contributed by atoms with Gasteiger partial charge in [0.2, 0.25) is 0 Å². The maximum Gasteiger partial charge on any atom is 0.122 e. The topological polar surface area (TPSA) is 98.5 Å². The molecule has 2 N–H and O–H groups in total. The fourth-order valence-corrected chi connectivity index (χ4v) is 1.42. The average Bonchev–Trinajstić information content (AvgIpc) is 2.72. The Balaban J connectivity index is -0.000000473. The standard InChI is InChI=1S/C15H31NO7.C3H8.C2H6.H2/c16-2-5-19-7-9-21-11-13-23-15-14-22-12-10-20-8-6-18-4-1-3-17;1-3-2;1-2;/h3H,1-2,4-16H2;3H2,1-2H3;1-2H3;1H. The Bertz CT molecular complexity index is 253. The van der Waals surface area contributed by atoms with Crippen molar-refractivity contribution in [1.82, 2.24) is 0 Å². The molecule has 0 radical (unpaired) electrons. The molecule has 0 saturated heterocycles. The molecule has 0 rings (SSSR count). The van der Waals surface area contributed by atoms with Gasteiger partial charge in [0, 0.05) is 14.4 Å². The maximum atomic E-state index is 10.0. The third-order valence-corrected chi connectivity index (χ3v) is 2.50. The summed E-state index contributed by atoms with van der Waals surface area (Å²) >= 11 is 0. The zero-order valence-electron chi connectivity index (χ0n) is 18.6. The van der Waals surface area contributed by atoms with Crippen LogP contribution in [0.5, 0.6) is 0 Å². The number of rotatable bonds is 20. The highest BCUT2D eigenvalue weighted by Crippen LogP contribution is 1.85. The van der Waals surface area contributed by atoms with E-state index in [1.165, 1.54) is 6.42 Å². The molecule has 0 unspecified atom stereocenters. The highest BCUT2D eigenvalue weighted by molar-refractivity contribution is 5.49. The molecule has 0 aromatic rings. The summed E-state index contributed by atoms with van der Waals surface area (Å²) in [5, 5.41) is 0. The van der Waals surface area contributed by atoms with Crippen molar-refractivity contribution >= 4 is 6.29 Å². The van der Waals surface area contributed by atoms with Gasteiger partial charge in [-0.2, -0.15) is 0 Å². The van der Waals surface area contributed by atoms with Crippen molar-refractivity contribution in [2.24, 2.45) is 5.73 Å². The first kappa shape index (κ1) is 32.1. The first-order valence-corrected chi connectivity index (χ1v) is 10.4. The Kier molecular flexibility index (Phi) is 42.6. The number of hydrogen-bond donors (Lipinski definition) is 1. The minimum absolute atomic E-state index is 0. The monoisotopic (exact) mass is 413 g/mol. The number of ether oxygens (including phenoxy) is 6. The Morgan fingerprint density at radius 2 is 0.857 bits per heavy atom. The van der Waals surface area contributed by atoms with Crippen molar-refractivity contribution in [2.45, 2.75) is 40.5 Å². The van der Waals surface area contributed by atoms with E-state index in [1.807, 2.05) is 13.8 Å². The summed E-state index contributed by atoms with van der Waals surface area (Å²) in [6.45, 7) is 15.1. The minimum atomic E-state index is 0. The summed E-state index contributed by atoms with van der Waals surface area (Å²) in [5.74, 6) is 0. The van der Waals surface area contributed by atoms with Crippen molar-refractivity contribution in [2.75, 3.05) is 85.8 Å². The molecule has 0 bridgehead atoms. The summed E-state index contributed by atoms with van der Waals surface area (Å²) in [6.07, 6.45) is 2.51. The molecule has 8 heteroatoms. The Morgan fingerprint density at radius 3 is 1.11 bits per heavy atom. The molecule has 0 aliphatic rings. The van der Waals surface area contributed by atoms with Gasteiger partial charge < -0.3 is 38.9 Å². The van der Waals surface area contributed by atoms with E-state index in [1.54, 1.807) is 0 Å². The molecule has 0 atom stereocenters. The number of carbonyl (C=O) groups is 1. The molecule has 0 fully saturated rings. The lowest BCUT2D eigenvalue weighted by atomic mass is 10.5. The summed E-state index contributed by atoms with van der Waals surface area (Å²) < 4.78 is 31.6. The van der Waals surface area contributed by atoms with E-state index in [0.29, 0.717) is 92.2 Å². The quantitative estimate of drug-likeness (QED) is 0.240. The fourth-order valence-electron chi connectivity index (χ4n) is 1.42. The third-order valence-electron chi connectivity index (χ3n) is 2.50. The SMILES string of the molecule is CC.CCC.NCCOCCOCCOCCOCCOCCOCCC=O.[HH]. The van der Waals surface area contributed by atoms with Crippen LogP contribution >= 0.6 is 0 Å². The lowest BCUT2D eigenvalue weighted by molar-refractivity contribution is -0.108. The average molecular weight is 414 g/mol. The lowest BCUT2D eigenvalue weighted by Crippen LogP contribution is -2.15. The molecular weight excluding hydrogens is 366 g/mol. The van der Waals surface area contributed by atoms with E-state index in [-0.39, 0.29) is 1.43 Å². The van der Waals surface area contributed by atoms with Crippen LogP contribution in [0.4, 0.5) is 0 Å². The number of aldehydes is 1. The van der Waals surface area contributed by atoms with Gasteiger partial charge in [-0.3, -0.25) is 0 Å². The van der Waals surface area contributed by atoms with Gasteiger partial charge >= 0.3 is 0 Å². The van der Waals surface area contributed by atoms with Gasteiger partial charge in [-0.25, -0.2) is 0 Å². The summed E-state index contributed by atoms with van der Waals surface area (Å²) in [5.41, 5.74) is 5.28. The van der Waals surface area contributed by atoms with E-state index < -0.39 is 0 Å². The zero-order chi connectivity index (χ0) is 21.6. The van der Waals surface area contributed by atoms with E-state index in [0.717, 1.165) is 6.29 Å².